The van der Waals surface area contributed by atoms with Crippen LogP contribution in [0.15, 0.2) is 42.5 Å². The third-order valence-corrected chi connectivity index (χ3v) is 17.6. The first kappa shape index (κ1) is 43.6. The number of likely N-dealkylation sites (tertiary alicyclic amines) is 2. The molecule has 8 fully saturated rings. The predicted octanol–water partition coefficient (Wildman–Crippen LogP) is 7.34. The van der Waals surface area contributed by atoms with Crippen LogP contribution >= 0.6 is 11.8 Å². The molecule has 8 aliphatic rings. The summed E-state index contributed by atoms with van der Waals surface area (Å²) >= 11 is 2.04. The molecule has 4 saturated carbocycles. The maximum Gasteiger partial charge on any atom is 0.481 e. The number of fused-ring (bicyclic) bond motifs is 1. The smallest absolute Gasteiger partial charge is 0.404 e. The fourth-order valence-corrected chi connectivity index (χ4v) is 13.7. The number of nitrogens with zero attached hydrogens (tertiary/aromatic N) is 3. The van der Waals surface area contributed by atoms with Gasteiger partial charge >= 0.3 is 7.12 Å². The zero-order chi connectivity index (χ0) is 42.1. The van der Waals surface area contributed by atoms with Gasteiger partial charge in [-0.3, -0.25) is 19.3 Å². The van der Waals surface area contributed by atoms with Crippen LogP contribution in [-0.4, -0.2) is 126 Å². The monoisotopic (exact) mass is 854 g/mol. The summed E-state index contributed by atoms with van der Waals surface area (Å²) in [5, 5.41) is 8.84. The normalized spacial score (nSPS) is 31.6. The van der Waals surface area contributed by atoms with Crippen LogP contribution in [-0.2, 0) is 18.9 Å². The van der Waals surface area contributed by atoms with E-state index in [1.807, 2.05) is 59.1 Å². The minimum absolute atomic E-state index is 0.0272. The number of carbonyl (C=O) groups is 3. The molecule has 2 bridgehead atoms. The van der Waals surface area contributed by atoms with Gasteiger partial charge in [0.05, 0.1) is 17.6 Å². The molecule has 3 amide bonds. The van der Waals surface area contributed by atoms with Crippen molar-refractivity contribution in [2.45, 2.75) is 153 Å². The average Bonchev–Trinajstić information content (AvgIpc) is 3.90. The standard InChI is InChI=1S/C49H72BN5O5S/c1-48(2)38-30-42(48)49(3)43(31-38)59-50(60-49)44(18-10-13-21-53-24-26-61-27-25-53)52-46(57)41-32-39(54-22-11-5-12-23-54)33-55(41)47(58)40(28-34-14-6-4-7-15-34)51-45(56)37-20-19-35-16-8-9-17-36(35)29-37/h8-9,16-17,19-20,29,34,38-44H,4-7,10-15,18,21-28,30-33H2,1-3H3,(H,51,56)(H,52,57)/t38-,39+,40+,41-,42-,43+,44-,49-/m0/s1. The zero-order valence-electron chi connectivity index (χ0n) is 37.3. The van der Waals surface area contributed by atoms with E-state index in [9.17, 15) is 4.79 Å². The number of piperidine rings is 1. The van der Waals surface area contributed by atoms with Gasteiger partial charge in [-0.1, -0.05) is 89.1 Å². The molecule has 10 rings (SSSR count). The van der Waals surface area contributed by atoms with Crippen molar-refractivity contribution in [2.75, 3.05) is 50.8 Å². The maximum absolute atomic E-state index is 15.2. The van der Waals surface area contributed by atoms with E-state index in [0.29, 0.717) is 42.7 Å². The Morgan fingerprint density at radius 3 is 2.39 bits per heavy atom. The molecular weight excluding hydrogens is 781 g/mol. The topological polar surface area (TPSA) is 103 Å². The van der Waals surface area contributed by atoms with Gasteiger partial charge in [-0.15, -0.1) is 0 Å². The van der Waals surface area contributed by atoms with Crippen LogP contribution in [0, 0.1) is 23.2 Å². The summed E-state index contributed by atoms with van der Waals surface area (Å²) in [4.78, 5) is 51.3. The van der Waals surface area contributed by atoms with Crippen molar-refractivity contribution in [1.82, 2.24) is 25.3 Å². The Bertz CT molecular complexity index is 1870. The van der Waals surface area contributed by atoms with E-state index in [2.05, 4.69) is 41.2 Å². The number of rotatable bonds is 14. The summed E-state index contributed by atoms with van der Waals surface area (Å²) in [6.07, 6.45) is 15.3. The van der Waals surface area contributed by atoms with Crippen molar-refractivity contribution in [3.63, 3.8) is 0 Å². The largest absolute Gasteiger partial charge is 0.481 e. The van der Waals surface area contributed by atoms with Crippen molar-refractivity contribution >= 4 is 47.4 Å². The number of carbonyl (C=O) groups excluding carboxylic acids is 3. The molecule has 4 aliphatic heterocycles. The molecule has 0 radical (unpaired) electrons. The lowest BCUT2D eigenvalue weighted by molar-refractivity contribution is -0.199. The van der Waals surface area contributed by atoms with E-state index >= 15 is 9.59 Å². The van der Waals surface area contributed by atoms with Gasteiger partial charge in [0.1, 0.15) is 12.1 Å². The Morgan fingerprint density at radius 2 is 1.62 bits per heavy atom. The summed E-state index contributed by atoms with van der Waals surface area (Å²) in [6, 6.07) is 12.6. The van der Waals surface area contributed by atoms with Gasteiger partial charge in [-0.25, -0.2) is 0 Å². The molecule has 2 aromatic rings. The second kappa shape index (κ2) is 18.8. The van der Waals surface area contributed by atoms with E-state index in [-0.39, 0.29) is 46.8 Å². The predicted molar refractivity (Wildman–Crippen MR) is 245 cm³/mol. The van der Waals surface area contributed by atoms with Crippen LogP contribution in [0.25, 0.3) is 10.8 Å². The second-order valence-electron chi connectivity index (χ2n) is 20.7. The number of thioether (sulfide) groups is 1. The molecule has 61 heavy (non-hydrogen) atoms. The van der Waals surface area contributed by atoms with Gasteiger partial charge in [-0.2, -0.15) is 11.8 Å². The summed E-state index contributed by atoms with van der Waals surface area (Å²) in [7, 11) is -0.524. The van der Waals surface area contributed by atoms with E-state index in [1.54, 1.807) is 0 Å². The Labute approximate surface area is 369 Å². The molecule has 4 heterocycles. The SMILES string of the molecule is CC1(C)[C@@H]2C[C@H]3OB([C@H](CCCCN4CCSCC4)NC(=O)[C@@H]4C[C@@H](N5CCCCC5)CN4C(=O)[C@@H](CC4CCCCC4)NC(=O)c4ccc5ccccc5c4)O[C@@]3(C)[C@H]1C2. The van der Waals surface area contributed by atoms with Crippen molar-refractivity contribution < 1.29 is 23.7 Å². The molecular formula is C49H72BN5O5S. The summed E-state index contributed by atoms with van der Waals surface area (Å²) in [5.74, 6) is 3.05. The molecule has 2 N–H and O–H groups in total. The second-order valence-corrected chi connectivity index (χ2v) is 21.9. The van der Waals surface area contributed by atoms with E-state index in [0.717, 1.165) is 108 Å². The molecule has 2 aromatic carbocycles. The highest BCUT2D eigenvalue weighted by atomic mass is 32.2. The van der Waals surface area contributed by atoms with Gasteiger partial charge in [-0.05, 0) is 124 Å². The molecule has 4 aliphatic carbocycles. The molecule has 12 heteroatoms. The average molecular weight is 854 g/mol. The highest BCUT2D eigenvalue weighted by Crippen LogP contribution is 2.65. The van der Waals surface area contributed by atoms with E-state index in [4.69, 9.17) is 9.31 Å². The fraction of sp³-hybridized carbons (Fsp3) is 0.735. The van der Waals surface area contributed by atoms with Gasteiger partial charge in [0.25, 0.3) is 5.91 Å². The van der Waals surface area contributed by atoms with E-state index in [1.165, 1.54) is 30.8 Å². The molecule has 8 atom stereocenters. The fourth-order valence-electron chi connectivity index (χ4n) is 12.8. The Kier molecular flexibility index (Phi) is 13.5. The quantitative estimate of drug-likeness (QED) is 0.151. The number of benzene rings is 2. The Balaban J connectivity index is 0.955. The molecule has 0 aromatic heterocycles. The Morgan fingerprint density at radius 1 is 0.869 bits per heavy atom. The minimum Gasteiger partial charge on any atom is -0.404 e. The van der Waals surface area contributed by atoms with Crippen LogP contribution in [0.5, 0.6) is 0 Å². The molecule has 0 spiro atoms. The first-order valence-corrected chi connectivity index (χ1v) is 25.5. The van der Waals surface area contributed by atoms with Crippen molar-refractivity contribution in [3.8, 4) is 0 Å². The molecule has 0 unspecified atom stereocenters. The zero-order valence-corrected chi connectivity index (χ0v) is 38.1. The molecule has 10 nitrogen and oxygen atoms in total. The highest BCUT2D eigenvalue weighted by molar-refractivity contribution is 7.99. The highest BCUT2D eigenvalue weighted by Gasteiger charge is 2.68. The van der Waals surface area contributed by atoms with Gasteiger partial charge in [0.2, 0.25) is 11.8 Å². The van der Waals surface area contributed by atoms with Crippen molar-refractivity contribution in [3.05, 3.63) is 48.0 Å². The first-order chi connectivity index (χ1) is 29.6. The number of unbranched alkanes of at least 4 members (excludes halogenated alkanes) is 1. The lowest BCUT2D eigenvalue weighted by Gasteiger charge is -2.64. The van der Waals surface area contributed by atoms with Gasteiger partial charge in [0.15, 0.2) is 0 Å². The van der Waals surface area contributed by atoms with Gasteiger partial charge < -0.3 is 29.7 Å². The van der Waals surface area contributed by atoms with Crippen molar-refractivity contribution in [2.24, 2.45) is 23.2 Å². The molecule has 332 valence electrons. The van der Waals surface area contributed by atoms with Crippen LogP contribution < -0.4 is 10.6 Å². The van der Waals surface area contributed by atoms with Crippen LogP contribution in [0.2, 0.25) is 0 Å². The third kappa shape index (κ3) is 9.32. The third-order valence-electron chi connectivity index (χ3n) is 16.6. The first-order valence-electron chi connectivity index (χ1n) is 24.3. The summed E-state index contributed by atoms with van der Waals surface area (Å²) in [6.45, 7) is 12.9. The van der Waals surface area contributed by atoms with Crippen LogP contribution in [0.1, 0.15) is 127 Å². The van der Waals surface area contributed by atoms with E-state index < -0.39 is 19.2 Å². The van der Waals surface area contributed by atoms with Crippen molar-refractivity contribution in [1.29, 1.82) is 0 Å². The summed E-state index contributed by atoms with van der Waals surface area (Å²) in [5.41, 5.74) is 0.402. The van der Waals surface area contributed by atoms with Crippen LogP contribution in [0.3, 0.4) is 0 Å². The minimum atomic E-state index is -0.708. The lowest BCUT2D eigenvalue weighted by Crippen LogP contribution is -2.65. The summed E-state index contributed by atoms with van der Waals surface area (Å²) < 4.78 is 13.9. The van der Waals surface area contributed by atoms with Gasteiger partial charge in [0, 0.05) is 42.7 Å². The number of hydrogen-bond donors (Lipinski definition) is 2. The lowest BCUT2D eigenvalue weighted by atomic mass is 9.43. The number of amides is 3. The molecule has 4 saturated heterocycles. The Hall–Kier alpha value is -2.64. The number of nitrogens with one attached hydrogen (secondary N) is 2. The maximum atomic E-state index is 15.2. The number of hydrogen-bond acceptors (Lipinski definition) is 8. The van der Waals surface area contributed by atoms with Crippen LogP contribution in [0.4, 0.5) is 0 Å².